The molecule has 0 unspecified atom stereocenters. The summed E-state index contributed by atoms with van der Waals surface area (Å²) in [6, 6.07) is 0.977. The number of carbonyl (C=O) groups is 1. The first kappa shape index (κ1) is 20.9. The zero-order chi connectivity index (χ0) is 21.5. The van der Waals surface area contributed by atoms with Gasteiger partial charge in [-0.15, -0.1) is 0 Å². The van der Waals surface area contributed by atoms with Crippen LogP contribution in [-0.4, -0.2) is 43.2 Å². The van der Waals surface area contributed by atoms with Crippen molar-refractivity contribution in [2.45, 2.75) is 65.2 Å². The number of likely N-dealkylation sites (tertiary alicyclic amines) is 1. The smallest absolute Gasteiger partial charge is 0.341 e. The Morgan fingerprint density at radius 1 is 1.10 bits per heavy atom. The number of nitrogens with zero attached hydrogens (tertiary/aromatic N) is 5. The van der Waals surface area contributed by atoms with Crippen molar-refractivity contribution in [1.29, 1.82) is 0 Å². The SMILES string of the molecule is Cc1cc(C(F)(F)F)nn1CC(=O)N1CCC(Cc2ncc(C)n2CC2CC2)CC1. The van der Waals surface area contributed by atoms with E-state index >= 15 is 0 Å². The topological polar surface area (TPSA) is 56.0 Å². The zero-order valence-electron chi connectivity index (χ0n) is 17.5. The number of halogens is 3. The molecule has 0 spiro atoms. The van der Waals surface area contributed by atoms with E-state index in [0.717, 1.165) is 48.3 Å². The number of carbonyl (C=O) groups excluding carboxylic acids is 1. The van der Waals surface area contributed by atoms with Gasteiger partial charge in [0.2, 0.25) is 5.91 Å². The van der Waals surface area contributed by atoms with E-state index in [4.69, 9.17) is 0 Å². The predicted octanol–water partition coefficient (Wildman–Crippen LogP) is 3.61. The molecule has 1 aliphatic heterocycles. The average Bonchev–Trinajstić information content (AvgIpc) is 3.35. The molecule has 1 amide bonds. The van der Waals surface area contributed by atoms with E-state index in [1.165, 1.54) is 25.5 Å². The van der Waals surface area contributed by atoms with E-state index in [9.17, 15) is 18.0 Å². The standard InChI is InChI=1S/C21H28F3N5O/c1-14-9-18(21(22,23)24)26-29(14)13-20(30)27-7-5-16(6-8-27)10-19-25-11-15(2)28(19)12-17-3-4-17/h9,11,16-17H,3-8,10,12-13H2,1-2H3. The third kappa shape index (κ3) is 4.70. The van der Waals surface area contributed by atoms with Crippen LogP contribution >= 0.6 is 0 Å². The van der Waals surface area contributed by atoms with Crippen LogP contribution in [0.4, 0.5) is 13.2 Å². The van der Waals surface area contributed by atoms with Gasteiger partial charge in [-0.05, 0) is 57.4 Å². The number of piperidine rings is 1. The number of rotatable bonds is 6. The molecule has 2 aromatic rings. The number of amides is 1. The van der Waals surface area contributed by atoms with Crippen molar-refractivity contribution >= 4 is 5.91 Å². The number of aromatic nitrogens is 4. The maximum atomic E-state index is 12.8. The van der Waals surface area contributed by atoms with Crippen molar-refractivity contribution in [2.24, 2.45) is 11.8 Å². The molecular formula is C21H28F3N5O. The Balaban J connectivity index is 1.30. The molecule has 0 radical (unpaired) electrons. The van der Waals surface area contributed by atoms with Crippen molar-refractivity contribution in [3.05, 3.63) is 35.2 Å². The number of imidazole rings is 1. The lowest BCUT2D eigenvalue weighted by Crippen LogP contribution is -2.41. The van der Waals surface area contributed by atoms with E-state index in [0.29, 0.717) is 24.7 Å². The van der Waals surface area contributed by atoms with Gasteiger partial charge >= 0.3 is 6.18 Å². The Morgan fingerprint density at radius 2 is 1.80 bits per heavy atom. The second-order valence-electron chi connectivity index (χ2n) is 8.72. The fourth-order valence-corrected chi connectivity index (χ4v) is 4.16. The van der Waals surface area contributed by atoms with Crippen LogP contribution in [0, 0.1) is 25.7 Å². The van der Waals surface area contributed by atoms with Gasteiger partial charge in [0.1, 0.15) is 12.4 Å². The lowest BCUT2D eigenvalue weighted by Gasteiger charge is -2.32. The minimum absolute atomic E-state index is 0.155. The Kier molecular flexibility index (Phi) is 5.63. The molecule has 2 aliphatic rings. The fraction of sp³-hybridized carbons (Fsp3) is 0.667. The van der Waals surface area contributed by atoms with Crippen molar-refractivity contribution in [3.8, 4) is 0 Å². The highest BCUT2D eigenvalue weighted by Gasteiger charge is 2.35. The highest BCUT2D eigenvalue weighted by atomic mass is 19.4. The van der Waals surface area contributed by atoms with Crippen molar-refractivity contribution in [2.75, 3.05) is 13.1 Å². The average molecular weight is 423 g/mol. The minimum atomic E-state index is -4.50. The summed E-state index contributed by atoms with van der Waals surface area (Å²) in [4.78, 5) is 19.0. The molecule has 4 rings (SSSR count). The van der Waals surface area contributed by atoms with Gasteiger partial charge in [-0.3, -0.25) is 9.48 Å². The van der Waals surface area contributed by atoms with E-state index in [1.54, 1.807) is 4.90 Å². The van der Waals surface area contributed by atoms with Crippen molar-refractivity contribution in [3.63, 3.8) is 0 Å². The Morgan fingerprint density at radius 3 is 2.40 bits per heavy atom. The Bertz CT molecular complexity index is 904. The molecule has 6 nitrogen and oxygen atoms in total. The largest absolute Gasteiger partial charge is 0.435 e. The van der Waals surface area contributed by atoms with Crippen LogP contribution in [-0.2, 0) is 30.5 Å². The number of aryl methyl sites for hydroxylation is 2. The number of alkyl halides is 3. The van der Waals surface area contributed by atoms with Gasteiger partial charge in [0.15, 0.2) is 5.69 Å². The Labute approximate surface area is 174 Å². The van der Waals surface area contributed by atoms with Gasteiger partial charge < -0.3 is 9.47 Å². The molecule has 0 bridgehead atoms. The molecule has 1 saturated carbocycles. The fourth-order valence-electron chi connectivity index (χ4n) is 4.16. The second kappa shape index (κ2) is 8.07. The monoisotopic (exact) mass is 423 g/mol. The van der Waals surface area contributed by atoms with E-state index in [1.807, 2.05) is 6.20 Å². The molecular weight excluding hydrogens is 395 g/mol. The van der Waals surface area contributed by atoms with Crippen LogP contribution < -0.4 is 0 Å². The third-order valence-corrected chi connectivity index (χ3v) is 6.27. The number of hydrogen-bond donors (Lipinski definition) is 0. The van der Waals surface area contributed by atoms with Crippen molar-refractivity contribution < 1.29 is 18.0 Å². The van der Waals surface area contributed by atoms with Crippen molar-refractivity contribution in [1.82, 2.24) is 24.2 Å². The molecule has 9 heteroatoms. The van der Waals surface area contributed by atoms with Gasteiger partial charge in [0.05, 0.1) is 0 Å². The van der Waals surface area contributed by atoms with Gasteiger partial charge in [0, 0.05) is 43.6 Å². The molecule has 2 aromatic heterocycles. The maximum absolute atomic E-state index is 12.8. The van der Waals surface area contributed by atoms with Gasteiger partial charge in [-0.1, -0.05) is 0 Å². The summed E-state index contributed by atoms with van der Waals surface area (Å²) >= 11 is 0. The van der Waals surface area contributed by atoms with Crippen LogP contribution in [0.2, 0.25) is 0 Å². The van der Waals surface area contributed by atoms with Gasteiger partial charge in [-0.2, -0.15) is 18.3 Å². The first-order chi connectivity index (χ1) is 14.2. The van der Waals surface area contributed by atoms with E-state index < -0.39 is 11.9 Å². The summed E-state index contributed by atoms with van der Waals surface area (Å²) in [5.74, 6) is 2.22. The summed E-state index contributed by atoms with van der Waals surface area (Å²) in [5, 5.41) is 3.56. The molecule has 164 valence electrons. The minimum Gasteiger partial charge on any atom is -0.341 e. The van der Waals surface area contributed by atoms with Gasteiger partial charge in [0.25, 0.3) is 0 Å². The summed E-state index contributed by atoms with van der Waals surface area (Å²) in [6.45, 7) is 5.78. The first-order valence-corrected chi connectivity index (χ1v) is 10.6. The van der Waals surface area contributed by atoms with E-state index in [-0.39, 0.29) is 12.5 Å². The quantitative estimate of drug-likeness (QED) is 0.713. The number of hydrogen-bond acceptors (Lipinski definition) is 3. The molecule has 0 N–H and O–H groups in total. The molecule has 30 heavy (non-hydrogen) atoms. The molecule has 2 fully saturated rings. The lowest BCUT2D eigenvalue weighted by molar-refractivity contribution is -0.142. The molecule has 0 atom stereocenters. The molecule has 1 aliphatic carbocycles. The maximum Gasteiger partial charge on any atom is 0.435 e. The molecule has 0 aromatic carbocycles. The molecule has 1 saturated heterocycles. The molecule has 3 heterocycles. The van der Waals surface area contributed by atoms with Crippen LogP contribution in [0.25, 0.3) is 0 Å². The summed E-state index contributed by atoms with van der Waals surface area (Å²) in [5.41, 5.74) is 0.587. The van der Waals surface area contributed by atoms with Crippen LogP contribution in [0.5, 0.6) is 0 Å². The van der Waals surface area contributed by atoms with E-state index in [2.05, 4.69) is 21.6 Å². The predicted molar refractivity (Wildman–Crippen MR) is 105 cm³/mol. The highest BCUT2D eigenvalue weighted by molar-refractivity contribution is 5.76. The van der Waals surface area contributed by atoms with Crippen LogP contribution in [0.15, 0.2) is 12.3 Å². The second-order valence-corrected chi connectivity index (χ2v) is 8.72. The third-order valence-electron chi connectivity index (χ3n) is 6.27. The summed E-state index contributed by atoms with van der Waals surface area (Å²) in [7, 11) is 0. The van der Waals surface area contributed by atoms with Gasteiger partial charge in [-0.25, -0.2) is 4.98 Å². The normalized spacial score (nSPS) is 18.2. The lowest BCUT2D eigenvalue weighted by atomic mass is 9.93. The highest BCUT2D eigenvalue weighted by Crippen LogP contribution is 2.32. The first-order valence-electron chi connectivity index (χ1n) is 10.6. The zero-order valence-corrected chi connectivity index (χ0v) is 17.5. The summed E-state index contributed by atoms with van der Waals surface area (Å²) in [6.07, 6.45) is 2.73. The van der Waals surface area contributed by atoms with Crippen LogP contribution in [0.3, 0.4) is 0 Å². The Hall–Kier alpha value is -2.32. The van der Waals surface area contributed by atoms with Crippen LogP contribution in [0.1, 0.15) is 48.6 Å². The summed E-state index contributed by atoms with van der Waals surface area (Å²) < 4.78 is 41.9.